The number of carbonyl (C=O) groups is 1. The van der Waals surface area contributed by atoms with Gasteiger partial charge in [0.15, 0.2) is 0 Å². The Morgan fingerprint density at radius 1 is 1.27 bits per heavy atom. The van der Waals surface area contributed by atoms with Crippen LogP contribution in [0.15, 0.2) is 54.6 Å². The lowest BCUT2D eigenvalue weighted by atomic mass is 10.0. The molecule has 3 nitrogen and oxygen atoms in total. The van der Waals surface area contributed by atoms with Gasteiger partial charge in [0.25, 0.3) is 0 Å². The molecule has 0 aliphatic carbocycles. The number of benzene rings is 2. The molecule has 0 heterocycles. The molecule has 2 aromatic rings. The molecule has 0 bridgehead atoms. The molecule has 1 unspecified atom stereocenters. The van der Waals surface area contributed by atoms with Gasteiger partial charge in [-0.2, -0.15) is 0 Å². The molecule has 0 radical (unpaired) electrons. The molecule has 0 saturated heterocycles. The van der Waals surface area contributed by atoms with Crippen LogP contribution in [0.25, 0.3) is 6.08 Å². The third kappa shape index (κ3) is 4.53. The van der Waals surface area contributed by atoms with E-state index in [1.807, 2.05) is 31.2 Å². The number of amides is 1. The highest BCUT2D eigenvalue weighted by atomic mass is 19.1. The second-order valence-electron chi connectivity index (χ2n) is 5.01. The number of aliphatic hydroxyl groups is 1. The molecule has 0 aliphatic rings. The topological polar surface area (TPSA) is 49.3 Å². The van der Waals surface area contributed by atoms with Gasteiger partial charge in [-0.1, -0.05) is 36.4 Å². The van der Waals surface area contributed by atoms with Crippen LogP contribution >= 0.6 is 0 Å². The molecule has 2 N–H and O–H groups in total. The lowest BCUT2D eigenvalue weighted by molar-refractivity contribution is -0.116. The summed E-state index contributed by atoms with van der Waals surface area (Å²) in [6, 6.07) is 13.4. The average molecular weight is 299 g/mol. The first kappa shape index (κ1) is 15.9. The maximum atomic E-state index is 13.0. The van der Waals surface area contributed by atoms with Crippen molar-refractivity contribution in [3.63, 3.8) is 0 Å². The SMILES string of the molecule is Cc1ccccc1C(O)CNC(=O)/C=C/c1cccc(F)c1. The standard InChI is InChI=1S/C18H18FNO2/c1-13-5-2-3-8-16(13)17(21)12-20-18(22)10-9-14-6-4-7-15(19)11-14/h2-11,17,21H,12H2,1H3,(H,20,22)/b10-9+. The number of rotatable bonds is 5. The van der Waals surface area contributed by atoms with Crippen LogP contribution in [0.2, 0.25) is 0 Å². The summed E-state index contributed by atoms with van der Waals surface area (Å²) in [6.07, 6.45) is 2.09. The maximum Gasteiger partial charge on any atom is 0.244 e. The number of hydrogen-bond donors (Lipinski definition) is 2. The summed E-state index contributed by atoms with van der Waals surface area (Å²) in [5.74, 6) is -0.686. The lowest BCUT2D eigenvalue weighted by Crippen LogP contribution is -2.26. The fraction of sp³-hybridized carbons (Fsp3) is 0.167. The summed E-state index contributed by atoms with van der Waals surface area (Å²) in [5, 5.41) is 12.7. The lowest BCUT2D eigenvalue weighted by Gasteiger charge is -2.13. The number of aryl methyl sites for hydroxylation is 1. The molecule has 22 heavy (non-hydrogen) atoms. The largest absolute Gasteiger partial charge is 0.387 e. The van der Waals surface area contributed by atoms with Gasteiger partial charge in [-0.15, -0.1) is 0 Å². The zero-order chi connectivity index (χ0) is 15.9. The van der Waals surface area contributed by atoms with Gasteiger partial charge in [-0.25, -0.2) is 4.39 Å². The summed E-state index contributed by atoms with van der Waals surface area (Å²) in [6.45, 7) is 2.03. The molecule has 2 aromatic carbocycles. The van der Waals surface area contributed by atoms with Crippen LogP contribution in [-0.4, -0.2) is 17.6 Å². The second kappa shape index (κ2) is 7.52. The zero-order valence-corrected chi connectivity index (χ0v) is 12.3. The summed E-state index contributed by atoms with van der Waals surface area (Å²) in [7, 11) is 0. The summed E-state index contributed by atoms with van der Waals surface area (Å²) >= 11 is 0. The van der Waals surface area contributed by atoms with Crippen LogP contribution in [0.5, 0.6) is 0 Å². The van der Waals surface area contributed by atoms with Crippen LogP contribution < -0.4 is 5.32 Å². The van der Waals surface area contributed by atoms with Crippen molar-refractivity contribution in [2.75, 3.05) is 6.54 Å². The van der Waals surface area contributed by atoms with Crippen LogP contribution in [0.4, 0.5) is 4.39 Å². The highest BCUT2D eigenvalue weighted by molar-refractivity contribution is 5.91. The van der Waals surface area contributed by atoms with Gasteiger partial charge in [-0.3, -0.25) is 4.79 Å². The number of hydrogen-bond acceptors (Lipinski definition) is 2. The number of nitrogens with one attached hydrogen (secondary N) is 1. The monoisotopic (exact) mass is 299 g/mol. The molecule has 1 atom stereocenters. The third-order valence-corrected chi connectivity index (χ3v) is 3.29. The van der Waals surface area contributed by atoms with E-state index in [-0.39, 0.29) is 18.3 Å². The van der Waals surface area contributed by atoms with E-state index >= 15 is 0 Å². The fourth-order valence-corrected chi connectivity index (χ4v) is 2.11. The second-order valence-corrected chi connectivity index (χ2v) is 5.01. The van der Waals surface area contributed by atoms with Crippen LogP contribution in [0.3, 0.4) is 0 Å². The molecule has 4 heteroatoms. The van der Waals surface area contributed by atoms with E-state index in [2.05, 4.69) is 5.32 Å². The quantitative estimate of drug-likeness (QED) is 0.834. The first-order chi connectivity index (χ1) is 10.6. The molecular weight excluding hydrogens is 281 g/mol. The zero-order valence-electron chi connectivity index (χ0n) is 12.3. The predicted molar refractivity (Wildman–Crippen MR) is 84.6 cm³/mol. The molecule has 1 amide bonds. The maximum absolute atomic E-state index is 13.0. The van der Waals surface area contributed by atoms with Gasteiger partial charge in [0.2, 0.25) is 5.91 Å². The Kier molecular flexibility index (Phi) is 5.44. The van der Waals surface area contributed by atoms with Gasteiger partial charge >= 0.3 is 0 Å². The van der Waals surface area contributed by atoms with E-state index in [0.717, 1.165) is 11.1 Å². The van der Waals surface area contributed by atoms with E-state index in [9.17, 15) is 14.3 Å². The van der Waals surface area contributed by atoms with Gasteiger partial charge in [0.05, 0.1) is 6.10 Å². The Morgan fingerprint density at radius 3 is 2.77 bits per heavy atom. The Balaban J connectivity index is 1.89. The van der Waals surface area contributed by atoms with Crippen LogP contribution in [-0.2, 0) is 4.79 Å². The van der Waals surface area contributed by atoms with E-state index in [0.29, 0.717) is 5.56 Å². The molecule has 2 rings (SSSR count). The number of carbonyl (C=O) groups excluding carboxylic acids is 1. The molecule has 0 aliphatic heterocycles. The van der Waals surface area contributed by atoms with E-state index in [4.69, 9.17) is 0 Å². The van der Waals surface area contributed by atoms with Crippen molar-refractivity contribution in [2.24, 2.45) is 0 Å². The summed E-state index contributed by atoms with van der Waals surface area (Å²) in [4.78, 5) is 11.7. The van der Waals surface area contributed by atoms with Gasteiger partial charge in [0, 0.05) is 12.6 Å². The Labute approximate surface area is 129 Å². The Morgan fingerprint density at radius 2 is 2.05 bits per heavy atom. The number of aliphatic hydroxyl groups excluding tert-OH is 1. The Bertz CT molecular complexity index is 682. The first-order valence-corrected chi connectivity index (χ1v) is 7.01. The average Bonchev–Trinajstić information content (AvgIpc) is 2.51. The Hall–Kier alpha value is -2.46. The molecule has 0 aromatic heterocycles. The van der Waals surface area contributed by atoms with Crippen molar-refractivity contribution in [2.45, 2.75) is 13.0 Å². The van der Waals surface area contributed by atoms with Gasteiger partial charge in [0.1, 0.15) is 5.82 Å². The van der Waals surface area contributed by atoms with Crippen LogP contribution in [0.1, 0.15) is 22.8 Å². The molecule has 0 fully saturated rings. The first-order valence-electron chi connectivity index (χ1n) is 7.01. The van der Waals surface area contributed by atoms with E-state index in [1.54, 1.807) is 12.1 Å². The fourth-order valence-electron chi connectivity index (χ4n) is 2.11. The smallest absolute Gasteiger partial charge is 0.244 e. The minimum Gasteiger partial charge on any atom is -0.387 e. The van der Waals surface area contributed by atoms with Crippen molar-refractivity contribution < 1.29 is 14.3 Å². The van der Waals surface area contributed by atoms with Gasteiger partial charge < -0.3 is 10.4 Å². The van der Waals surface area contributed by atoms with E-state index < -0.39 is 6.10 Å². The highest BCUT2D eigenvalue weighted by Gasteiger charge is 2.10. The van der Waals surface area contributed by atoms with Crippen molar-refractivity contribution in [3.8, 4) is 0 Å². The molecule has 0 spiro atoms. The minimum atomic E-state index is -0.757. The highest BCUT2D eigenvalue weighted by Crippen LogP contribution is 2.16. The van der Waals surface area contributed by atoms with E-state index in [1.165, 1.54) is 24.3 Å². The van der Waals surface area contributed by atoms with Crippen molar-refractivity contribution >= 4 is 12.0 Å². The van der Waals surface area contributed by atoms with Crippen molar-refractivity contribution in [3.05, 3.63) is 77.1 Å². The summed E-state index contributed by atoms with van der Waals surface area (Å²) < 4.78 is 13.0. The minimum absolute atomic E-state index is 0.122. The molecular formula is C18H18FNO2. The van der Waals surface area contributed by atoms with Gasteiger partial charge in [-0.05, 0) is 41.8 Å². The van der Waals surface area contributed by atoms with Crippen molar-refractivity contribution in [1.29, 1.82) is 0 Å². The predicted octanol–water partition coefficient (Wildman–Crippen LogP) is 3.00. The van der Waals surface area contributed by atoms with Crippen LogP contribution in [0, 0.1) is 12.7 Å². The molecule has 0 saturated carbocycles. The van der Waals surface area contributed by atoms with Crippen molar-refractivity contribution in [1.82, 2.24) is 5.32 Å². The molecule has 114 valence electrons. The summed E-state index contributed by atoms with van der Waals surface area (Å²) in [5.41, 5.74) is 2.37. The number of halogens is 1. The normalized spacial score (nSPS) is 12.3. The third-order valence-electron chi connectivity index (χ3n) is 3.29.